The Hall–Kier alpha value is -2.41. The average molecular weight is 441 g/mol. The Bertz CT molecular complexity index is 835. The standard InChI is InChI=1S/C25H36N4O3/c1-28(16-20-10-4-2-5-11-20)17-21-18-29(27-26-21)23-14-8-9-15-24(23)32-25(30)19-31-22-12-6-3-7-13-22/h3,6-7,12-13,18,20,23-24H,2,4-5,8-11,14-17,19H2,1H3. The number of carbonyl (C=O) groups excluding carboxylic acids is 1. The average Bonchev–Trinajstić information content (AvgIpc) is 3.27. The van der Waals surface area contributed by atoms with Gasteiger partial charge < -0.3 is 14.4 Å². The van der Waals surface area contributed by atoms with Gasteiger partial charge in [-0.05, 0) is 57.2 Å². The van der Waals surface area contributed by atoms with Crippen molar-refractivity contribution in [3.05, 3.63) is 42.2 Å². The molecule has 2 aliphatic rings. The molecule has 0 amide bonds. The molecule has 0 saturated heterocycles. The zero-order valence-electron chi connectivity index (χ0n) is 19.2. The van der Waals surface area contributed by atoms with Gasteiger partial charge >= 0.3 is 5.97 Å². The van der Waals surface area contributed by atoms with Crippen molar-refractivity contribution in [2.24, 2.45) is 5.92 Å². The lowest BCUT2D eigenvalue weighted by Crippen LogP contribution is -2.34. The maximum atomic E-state index is 12.4. The van der Waals surface area contributed by atoms with E-state index in [2.05, 4.69) is 22.3 Å². The molecule has 2 saturated carbocycles. The van der Waals surface area contributed by atoms with E-state index in [0.717, 1.165) is 50.4 Å². The van der Waals surface area contributed by atoms with Crippen molar-refractivity contribution in [1.29, 1.82) is 0 Å². The lowest BCUT2D eigenvalue weighted by atomic mass is 9.89. The molecular weight excluding hydrogens is 404 g/mol. The minimum Gasteiger partial charge on any atom is -0.482 e. The fourth-order valence-corrected chi connectivity index (χ4v) is 5.08. The molecule has 1 aromatic heterocycles. The topological polar surface area (TPSA) is 69.5 Å². The highest BCUT2D eigenvalue weighted by molar-refractivity contribution is 5.71. The number of nitrogens with zero attached hydrogens (tertiary/aromatic N) is 4. The van der Waals surface area contributed by atoms with Crippen LogP contribution in [0.25, 0.3) is 0 Å². The lowest BCUT2D eigenvalue weighted by molar-refractivity contribution is -0.155. The van der Waals surface area contributed by atoms with Gasteiger partial charge in [-0.2, -0.15) is 0 Å². The van der Waals surface area contributed by atoms with E-state index in [9.17, 15) is 4.79 Å². The summed E-state index contributed by atoms with van der Waals surface area (Å²) in [6.07, 6.45) is 12.6. The molecule has 0 aliphatic heterocycles. The Kier molecular flexibility index (Phi) is 8.15. The minimum atomic E-state index is -0.335. The molecule has 0 bridgehead atoms. The molecule has 2 aromatic rings. The Morgan fingerprint density at radius 2 is 1.81 bits per heavy atom. The summed E-state index contributed by atoms with van der Waals surface area (Å²) in [6.45, 7) is 1.85. The number of rotatable bonds is 9. The van der Waals surface area contributed by atoms with Crippen LogP contribution >= 0.6 is 0 Å². The summed E-state index contributed by atoms with van der Waals surface area (Å²) in [4.78, 5) is 14.8. The molecule has 2 fully saturated rings. The van der Waals surface area contributed by atoms with E-state index in [1.165, 1.54) is 32.1 Å². The highest BCUT2D eigenvalue weighted by Crippen LogP contribution is 2.31. The van der Waals surface area contributed by atoms with Crippen molar-refractivity contribution in [2.45, 2.75) is 76.5 Å². The number of hydrogen-bond acceptors (Lipinski definition) is 6. The van der Waals surface area contributed by atoms with Crippen molar-refractivity contribution in [2.75, 3.05) is 20.2 Å². The largest absolute Gasteiger partial charge is 0.482 e. The first-order valence-corrected chi connectivity index (χ1v) is 12.1. The first-order chi connectivity index (χ1) is 15.7. The summed E-state index contributed by atoms with van der Waals surface area (Å²) in [5.41, 5.74) is 0.978. The summed E-state index contributed by atoms with van der Waals surface area (Å²) in [7, 11) is 2.17. The SMILES string of the molecule is CN(Cc1cn(C2CCCCC2OC(=O)COc2ccccc2)nn1)CC1CCCCC1. The van der Waals surface area contributed by atoms with Crippen LogP contribution < -0.4 is 4.74 Å². The van der Waals surface area contributed by atoms with Gasteiger partial charge in [0.05, 0.1) is 17.9 Å². The Balaban J connectivity index is 1.29. The summed E-state index contributed by atoms with van der Waals surface area (Å²) >= 11 is 0. The van der Waals surface area contributed by atoms with Crippen LogP contribution in [0.2, 0.25) is 0 Å². The van der Waals surface area contributed by atoms with E-state index < -0.39 is 0 Å². The number of ether oxygens (including phenoxy) is 2. The highest BCUT2D eigenvalue weighted by atomic mass is 16.6. The Morgan fingerprint density at radius 1 is 1.06 bits per heavy atom. The third kappa shape index (κ3) is 6.55. The zero-order valence-corrected chi connectivity index (χ0v) is 19.2. The minimum absolute atomic E-state index is 0.0364. The summed E-state index contributed by atoms with van der Waals surface area (Å²) in [6, 6.07) is 9.38. The van der Waals surface area contributed by atoms with Crippen molar-refractivity contribution >= 4 is 5.97 Å². The van der Waals surface area contributed by atoms with Gasteiger partial charge in [-0.3, -0.25) is 0 Å². The van der Waals surface area contributed by atoms with Crippen molar-refractivity contribution in [1.82, 2.24) is 19.9 Å². The van der Waals surface area contributed by atoms with E-state index in [-0.39, 0.29) is 24.7 Å². The quantitative estimate of drug-likeness (QED) is 0.539. The first-order valence-electron chi connectivity index (χ1n) is 12.1. The molecule has 7 nitrogen and oxygen atoms in total. The van der Waals surface area contributed by atoms with E-state index in [4.69, 9.17) is 9.47 Å². The number of hydrogen-bond donors (Lipinski definition) is 0. The molecule has 4 rings (SSSR count). The van der Waals surface area contributed by atoms with Gasteiger partial charge in [-0.15, -0.1) is 5.10 Å². The summed E-state index contributed by atoms with van der Waals surface area (Å²) in [5.74, 6) is 1.14. The van der Waals surface area contributed by atoms with Crippen molar-refractivity contribution in [3.63, 3.8) is 0 Å². The fourth-order valence-electron chi connectivity index (χ4n) is 5.08. The van der Waals surface area contributed by atoms with Gasteiger partial charge in [0.15, 0.2) is 6.61 Å². The molecule has 0 spiro atoms. The zero-order chi connectivity index (χ0) is 22.2. The van der Waals surface area contributed by atoms with Crippen LogP contribution in [0.4, 0.5) is 0 Å². The maximum Gasteiger partial charge on any atom is 0.344 e. The van der Waals surface area contributed by atoms with Gasteiger partial charge in [0, 0.05) is 13.1 Å². The van der Waals surface area contributed by atoms with E-state index in [1.54, 1.807) is 0 Å². The molecule has 1 heterocycles. The number of aromatic nitrogens is 3. The van der Waals surface area contributed by atoms with Crippen molar-refractivity contribution < 1.29 is 14.3 Å². The molecular formula is C25H36N4O3. The van der Waals surface area contributed by atoms with Crippen LogP contribution in [0.15, 0.2) is 36.5 Å². The van der Waals surface area contributed by atoms with Crippen LogP contribution in [0, 0.1) is 5.92 Å². The number of benzene rings is 1. The third-order valence-corrected chi connectivity index (χ3v) is 6.67. The smallest absolute Gasteiger partial charge is 0.344 e. The predicted molar refractivity (Wildman–Crippen MR) is 122 cm³/mol. The number of esters is 1. The molecule has 2 aliphatic carbocycles. The van der Waals surface area contributed by atoms with Crippen LogP contribution in [0.1, 0.15) is 69.5 Å². The lowest BCUT2D eigenvalue weighted by Gasteiger charge is -2.30. The van der Waals surface area contributed by atoms with Crippen LogP contribution in [0.3, 0.4) is 0 Å². The second kappa shape index (κ2) is 11.5. The van der Waals surface area contributed by atoms with Crippen LogP contribution in [-0.4, -0.2) is 52.2 Å². The van der Waals surface area contributed by atoms with E-state index in [0.29, 0.717) is 5.75 Å². The third-order valence-electron chi connectivity index (χ3n) is 6.67. The van der Waals surface area contributed by atoms with Gasteiger partial charge in [-0.25, -0.2) is 9.48 Å². The summed E-state index contributed by atoms with van der Waals surface area (Å²) in [5, 5.41) is 8.83. The fraction of sp³-hybridized carbons (Fsp3) is 0.640. The predicted octanol–water partition coefficient (Wildman–Crippen LogP) is 4.40. The molecule has 2 atom stereocenters. The number of carbonyl (C=O) groups is 1. The second-order valence-electron chi connectivity index (χ2n) is 9.37. The van der Waals surface area contributed by atoms with Crippen LogP contribution in [0.5, 0.6) is 5.75 Å². The first kappa shape index (κ1) is 22.8. The highest BCUT2D eigenvalue weighted by Gasteiger charge is 2.31. The van der Waals surface area contributed by atoms with Gasteiger partial charge in [0.1, 0.15) is 11.9 Å². The van der Waals surface area contributed by atoms with E-state index >= 15 is 0 Å². The monoisotopic (exact) mass is 440 g/mol. The van der Waals surface area contributed by atoms with Gasteiger partial charge in [-0.1, -0.05) is 49.1 Å². The Labute approximate surface area is 191 Å². The van der Waals surface area contributed by atoms with Gasteiger partial charge in [0.2, 0.25) is 0 Å². The second-order valence-corrected chi connectivity index (χ2v) is 9.37. The molecule has 174 valence electrons. The molecule has 7 heteroatoms. The van der Waals surface area contributed by atoms with Crippen LogP contribution in [-0.2, 0) is 16.1 Å². The maximum absolute atomic E-state index is 12.4. The Morgan fingerprint density at radius 3 is 2.62 bits per heavy atom. The van der Waals surface area contributed by atoms with Gasteiger partial charge in [0.25, 0.3) is 0 Å². The molecule has 1 aromatic carbocycles. The molecule has 0 radical (unpaired) electrons. The summed E-state index contributed by atoms with van der Waals surface area (Å²) < 4.78 is 13.3. The molecule has 0 N–H and O–H groups in total. The van der Waals surface area contributed by atoms with Crippen molar-refractivity contribution in [3.8, 4) is 5.75 Å². The van der Waals surface area contributed by atoms with E-state index in [1.807, 2.05) is 41.2 Å². The number of para-hydroxylation sites is 1. The molecule has 32 heavy (non-hydrogen) atoms. The molecule has 2 unspecified atom stereocenters. The normalized spacial score (nSPS) is 22.1.